The van der Waals surface area contributed by atoms with Gasteiger partial charge in [-0.05, 0) is 49.7 Å². The molecule has 0 spiro atoms. The Morgan fingerprint density at radius 3 is 2.57 bits per heavy atom. The summed E-state index contributed by atoms with van der Waals surface area (Å²) in [6.45, 7) is 8.23. The smallest absolute Gasteiger partial charge is 0.444 e. The molecule has 1 aromatic carbocycles. The molecule has 1 atom stereocenters. The van der Waals surface area contributed by atoms with Crippen LogP contribution < -0.4 is 9.64 Å². The highest BCUT2D eigenvalue weighted by Crippen LogP contribution is 2.42. The van der Waals surface area contributed by atoms with Crippen LogP contribution in [-0.4, -0.2) is 53.6 Å². The number of oxazole rings is 1. The van der Waals surface area contributed by atoms with Gasteiger partial charge in [-0.15, -0.1) is 13.2 Å². The molecule has 1 aliphatic rings. The molecule has 0 N–H and O–H groups in total. The van der Waals surface area contributed by atoms with Gasteiger partial charge in [-0.1, -0.05) is 11.6 Å². The Morgan fingerprint density at radius 2 is 2.00 bits per heavy atom. The molecule has 1 aliphatic heterocycles. The van der Waals surface area contributed by atoms with E-state index in [4.69, 9.17) is 20.8 Å². The number of alkyl halides is 3. The number of hydrogen-bond donors (Lipinski definition) is 0. The van der Waals surface area contributed by atoms with Crippen LogP contribution in [0.1, 0.15) is 27.7 Å². The zero-order valence-electron chi connectivity index (χ0n) is 16.6. The second-order valence-corrected chi connectivity index (χ2v) is 9.12. The van der Waals surface area contributed by atoms with Crippen LogP contribution in [0.2, 0.25) is 5.02 Å². The van der Waals surface area contributed by atoms with Gasteiger partial charge in [-0.2, -0.15) is 4.98 Å². The van der Waals surface area contributed by atoms with Crippen molar-refractivity contribution in [3.8, 4) is 5.75 Å². The van der Waals surface area contributed by atoms with Crippen molar-refractivity contribution in [1.29, 1.82) is 0 Å². The number of nitrogens with zero attached hydrogens (tertiary/aromatic N) is 3. The SMILES string of the molecule is C[C@H]1CN(C(=O)OC(C)(C)C)CCN1c1nc2c(OC(F)(F)F)c(Cl)cc(Br)c2o1. The minimum atomic E-state index is -4.93. The molecule has 30 heavy (non-hydrogen) atoms. The van der Waals surface area contributed by atoms with E-state index in [1.54, 1.807) is 30.6 Å². The van der Waals surface area contributed by atoms with E-state index in [2.05, 4.69) is 25.7 Å². The van der Waals surface area contributed by atoms with E-state index < -0.39 is 23.8 Å². The molecular formula is C18H20BrClF3N3O4. The minimum absolute atomic E-state index is 0.0791. The number of fused-ring (bicyclic) bond motifs is 1. The van der Waals surface area contributed by atoms with Crippen LogP contribution in [0.25, 0.3) is 11.1 Å². The van der Waals surface area contributed by atoms with Crippen molar-refractivity contribution in [1.82, 2.24) is 9.88 Å². The van der Waals surface area contributed by atoms with Crippen molar-refractivity contribution >= 4 is 50.7 Å². The fourth-order valence-corrected chi connectivity index (χ4v) is 3.92. The number of anilines is 1. The summed E-state index contributed by atoms with van der Waals surface area (Å²) < 4.78 is 53.9. The molecule has 0 bridgehead atoms. The van der Waals surface area contributed by atoms with Gasteiger partial charge in [0.1, 0.15) is 5.60 Å². The second-order valence-electron chi connectivity index (χ2n) is 7.86. The van der Waals surface area contributed by atoms with E-state index >= 15 is 0 Å². The number of ether oxygens (including phenoxy) is 2. The van der Waals surface area contributed by atoms with E-state index in [1.165, 1.54) is 6.07 Å². The normalized spacial score (nSPS) is 18.1. The Kier molecular flexibility index (Phi) is 6.07. The number of carbonyl (C=O) groups excluding carboxylic acids is 1. The first-order valence-electron chi connectivity index (χ1n) is 9.04. The molecule has 0 aliphatic carbocycles. The molecule has 0 unspecified atom stereocenters. The Bertz CT molecular complexity index is 961. The number of benzene rings is 1. The fourth-order valence-electron chi connectivity index (χ4n) is 3.05. The molecule has 0 radical (unpaired) electrons. The molecule has 2 aromatic rings. The number of rotatable bonds is 2. The van der Waals surface area contributed by atoms with Crippen LogP contribution in [0, 0.1) is 0 Å². The molecule has 166 valence electrons. The second kappa shape index (κ2) is 7.99. The summed E-state index contributed by atoms with van der Waals surface area (Å²) in [7, 11) is 0. The maximum Gasteiger partial charge on any atom is 0.573 e. The molecule has 1 saturated heterocycles. The van der Waals surface area contributed by atoms with Crippen molar-refractivity contribution in [3.63, 3.8) is 0 Å². The Morgan fingerprint density at radius 1 is 1.33 bits per heavy atom. The first-order chi connectivity index (χ1) is 13.7. The average molecular weight is 515 g/mol. The first kappa shape index (κ1) is 22.8. The van der Waals surface area contributed by atoms with Gasteiger partial charge in [0.2, 0.25) is 0 Å². The van der Waals surface area contributed by atoms with Gasteiger partial charge < -0.3 is 23.7 Å². The first-order valence-corrected chi connectivity index (χ1v) is 10.2. The van der Waals surface area contributed by atoms with Crippen molar-refractivity contribution in [2.24, 2.45) is 0 Å². The average Bonchev–Trinajstić information content (AvgIpc) is 3.01. The number of piperazine rings is 1. The molecule has 3 rings (SSSR count). The van der Waals surface area contributed by atoms with Gasteiger partial charge in [0.15, 0.2) is 16.8 Å². The van der Waals surface area contributed by atoms with Gasteiger partial charge in [0.05, 0.1) is 9.50 Å². The summed E-state index contributed by atoms with van der Waals surface area (Å²) >= 11 is 9.16. The zero-order valence-corrected chi connectivity index (χ0v) is 19.0. The highest BCUT2D eigenvalue weighted by molar-refractivity contribution is 9.10. The van der Waals surface area contributed by atoms with Crippen LogP contribution in [0.3, 0.4) is 0 Å². The van der Waals surface area contributed by atoms with Gasteiger partial charge in [-0.3, -0.25) is 0 Å². The molecule has 1 aromatic heterocycles. The van der Waals surface area contributed by atoms with Gasteiger partial charge in [-0.25, -0.2) is 4.79 Å². The standard InChI is InChI=1S/C18H20BrClF3N3O4/c1-9-8-25(16(27)30-17(2,3)4)5-6-26(9)15-24-12-13(28-15)10(19)7-11(20)14(12)29-18(21,22)23/h7,9H,5-6,8H2,1-4H3/t9-/m0/s1. The minimum Gasteiger partial charge on any atom is -0.444 e. The van der Waals surface area contributed by atoms with Gasteiger partial charge >= 0.3 is 12.5 Å². The molecule has 7 nitrogen and oxygen atoms in total. The summed E-state index contributed by atoms with van der Waals surface area (Å²) in [5.41, 5.74) is -0.683. The summed E-state index contributed by atoms with van der Waals surface area (Å²) in [5.74, 6) is -0.627. The van der Waals surface area contributed by atoms with Crippen LogP contribution in [0.4, 0.5) is 24.0 Å². The van der Waals surface area contributed by atoms with Crippen molar-refractivity contribution in [2.75, 3.05) is 24.5 Å². The van der Waals surface area contributed by atoms with E-state index in [9.17, 15) is 18.0 Å². The van der Waals surface area contributed by atoms with E-state index in [0.29, 0.717) is 24.1 Å². The number of amides is 1. The van der Waals surface area contributed by atoms with Crippen LogP contribution in [-0.2, 0) is 4.74 Å². The lowest BCUT2D eigenvalue weighted by Gasteiger charge is -2.39. The zero-order chi connectivity index (χ0) is 22.4. The summed E-state index contributed by atoms with van der Waals surface area (Å²) in [4.78, 5) is 19.8. The lowest BCUT2D eigenvalue weighted by molar-refractivity contribution is -0.274. The Labute approximate surface area is 184 Å². The summed E-state index contributed by atoms with van der Waals surface area (Å²) in [6.07, 6.45) is -5.36. The monoisotopic (exact) mass is 513 g/mol. The third-order valence-electron chi connectivity index (χ3n) is 4.26. The van der Waals surface area contributed by atoms with E-state index in [1.807, 2.05) is 6.92 Å². The molecule has 2 heterocycles. The highest BCUT2D eigenvalue weighted by Gasteiger charge is 2.36. The molecule has 1 amide bonds. The van der Waals surface area contributed by atoms with Gasteiger partial charge in [0.25, 0.3) is 6.01 Å². The van der Waals surface area contributed by atoms with Crippen molar-refractivity contribution < 1.29 is 31.9 Å². The van der Waals surface area contributed by atoms with Crippen LogP contribution >= 0.6 is 27.5 Å². The predicted molar refractivity (Wildman–Crippen MR) is 108 cm³/mol. The van der Waals surface area contributed by atoms with Crippen LogP contribution in [0.5, 0.6) is 5.75 Å². The third kappa shape index (κ3) is 5.05. The third-order valence-corrected chi connectivity index (χ3v) is 5.13. The molecule has 12 heteroatoms. The topological polar surface area (TPSA) is 68.0 Å². The number of carbonyl (C=O) groups is 1. The van der Waals surface area contributed by atoms with Crippen molar-refractivity contribution in [2.45, 2.75) is 45.7 Å². The fraction of sp³-hybridized carbons (Fsp3) is 0.556. The molecule has 1 fully saturated rings. The maximum atomic E-state index is 12.8. The highest BCUT2D eigenvalue weighted by atomic mass is 79.9. The summed E-state index contributed by atoms with van der Waals surface area (Å²) in [5, 5.41) is -0.255. The number of halogens is 5. The van der Waals surface area contributed by atoms with Crippen LogP contribution in [0.15, 0.2) is 15.0 Å². The lowest BCUT2D eigenvalue weighted by atomic mass is 10.2. The molecular weight excluding hydrogens is 495 g/mol. The Balaban J connectivity index is 1.87. The largest absolute Gasteiger partial charge is 0.573 e. The van der Waals surface area contributed by atoms with Gasteiger partial charge in [0, 0.05) is 25.7 Å². The number of aromatic nitrogens is 1. The maximum absolute atomic E-state index is 12.8. The predicted octanol–water partition coefficient (Wildman–Crippen LogP) is 5.59. The summed E-state index contributed by atoms with van der Waals surface area (Å²) in [6, 6.07) is 1.14. The quantitative estimate of drug-likeness (QED) is 0.521. The van der Waals surface area contributed by atoms with E-state index in [0.717, 1.165) is 0 Å². The lowest BCUT2D eigenvalue weighted by Crippen LogP contribution is -2.54. The number of hydrogen-bond acceptors (Lipinski definition) is 6. The molecule has 0 saturated carbocycles. The Hall–Kier alpha value is -1.88. The van der Waals surface area contributed by atoms with E-state index in [-0.39, 0.29) is 28.2 Å². The van der Waals surface area contributed by atoms with Crippen molar-refractivity contribution in [3.05, 3.63) is 15.6 Å².